The van der Waals surface area contributed by atoms with Gasteiger partial charge in [-0.1, -0.05) is 0 Å². The van der Waals surface area contributed by atoms with Gasteiger partial charge in [-0.2, -0.15) is 0 Å². The Morgan fingerprint density at radius 1 is 0.357 bits per heavy atom. The van der Waals surface area contributed by atoms with Crippen LogP contribution in [0.5, 0.6) is 0 Å². The third kappa shape index (κ3) is 302. The van der Waals surface area contributed by atoms with E-state index >= 15 is 0 Å². The summed E-state index contributed by atoms with van der Waals surface area (Å²) in [5, 5.41) is 0. The Morgan fingerprint density at radius 3 is 0.357 bits per heavy atom. The van der Waals surface area contributed by atoms with Crippen LogP contribution in [0.25, 0.3) is 0 Å². The van der Waals surface area contributed by atoms with E-state index in [4.69, 9.17) is 38.4 Å². The number of hydrogen-bond donors (Lipinski definition) is 0. The second kappa shape index (κ2) is 16.2. The molecule has 0 bridgehead atoms. The van der Waals surface area contributed by atoms with Crippen molar-refractivity contribution in [1.29, 1.82) is 0 Å². The molecule has 0 saturated carbocycles. The summed E-state index contributed by atoms with van der Waals surface area (Å²) in [7, 11) is -11.2. The molecule has 0 saturated heterocycles. The molecule has 0 radical (unpaired) electrons. The first-order chi connectivity index (χ1) is 4.00. The minimum absolute atomic E-state index is 0. The SMILES string of the molecule is [Mg+2].[Mg+2].[Mg+2].[Mg+2].[O-][Si]([O-])([O-])[O-].[O-][Si]([O-])([O-])[O-]. The second-order valence-electron chi connectivity index (χ2n) is 1.00. The smallest absolute Gasteiger partial charge is 0.894 e. The molecular weight excluding hydrogens is 281 g/mol. The first kappa shape index (κ1) is 36.0. The van der Waals surface area contributed by atoms with Gasteiger partial charge in [-0.25, -0.2) is 0 Å². The first-order valence-corrected chi connectivity index (χ1v) is 4.90. The van der Waals surface area contributed by atoms with Crippen LogP contribution in [0.1, 0.15) is 0 Å². The fourth-order valence-electron chi connectivity index (χ4n) is 0. The summed E-state index contributed by atoms with van der Waals surface area (Å²) >= 11 is 0. The molecule has 0 aliphatic heterocycles. The molecule has 0 spiro atoms. The van der Waals surface area contributed by atoms with Crippen molar-refractivity contribution in [3.63, 3.8) is 0 Å². The molecule has 8 nitrogen and oxygen atoms in total. The van der Waals surface area contributed by atoms with Crippen LogP contribution >= 0.6 is 0 Å². The average molecular weight is 281 g/mol. The number of rotatable bonds is 0. The van der Waals surface area contributed by atoms with Gasteiger partial charge in [0.1, 0.15) is 0 Å². The molecule has 0 amide bonds. The van der Waals surface area contributed by atoms with Gasteiger partial charge in [0.25, 0.3) is 0 Å². The Hall–Kier alpha value is 3.18. The Labute approximate surface area is 147 Å². The van der Waals surface area contributed by atoms with E-state index in [2.05, 4.69) is 0 Å². The molecule has 0 atom stereocenters. The van der Waals surface area contributed by atoms with Gasteiger partial charge in [-0.3, -0.25) is 0 Å². The van der Waals surface area contributed by atoms with E-state index in [0.29, 0.717) is 0 Å². The Kier molecular flexibility index (Phi) is 41.6. The molecule has 0 unspecified atom stereocenters. The van der Waals surface area contributed by atoms with E-state index in [9.17, 15) is 0 Å². The van der Waals surface area contributed by atoms with Crippen LogP contribution in [-0.2, 0) is 0 Å². The molecule has 0 rings (SSSR count). The van der Waals surface area contributed by atoms with Gasteiger partial charge in [-0.05, 0) is 0 Å². The molecule has 0 aromatic carbocycles. The van der Waals surface area contributed by atoms with E-state index in [0.717, 1.165) is 0 Å². The van der Waals surface area contributed by atoms with Crippen molar-refractivity contribution in [2.75, 3.05) is 0 Å². The van der Waals surface area contributed by atoms with E-state index < -0.39 is 18.1 Å². The predicted molar refractivity (Wildman–Crippen MR) is 34.5 cm³/mol. The third-order valence-electron chi connectivity index (χ3n) is 0. The van der Waals surface area contributed by atoms with Crippen molar-refractivity contribution in [3.8, 4) is 0 Å². The van der Waals surface area contributed by atoms with Crippen molar-refractivity contribution in [2.24, 2.45) is 0 Å². The Balaban J connectivity index is -0.0000000178. The summed E-state index contributed by atoms with van der Waals surface area (Å²) in [5.41, 5.74) is 0. The molecule has 0 aliphatic rings. The predicted octanol–water partition coefficient (Wildman–Crippen LogP) is -11.8. The van der Waals surface area contributed by atoms with Crippen LogP contribution in [0.2, 0.25) is 0 Å². The van der Waals surface area contributed by atoms with Crippen LogP contribution < -0.4 is 38.4 Å². The van der Waals surface area contributed by atoms with E-state index in [1.807, 2.05) is 0 Å². The van der Waals surface area contributed by atoms with Gasteiger partial charge in [0, 0.05) is 0 Å². The van der Waals surface area contributed by atoms with Crippen molar-refractivity contribution in [2.45, 2.75) is 0 Å². The second-order valence-corrected chi connectivity index (χ2v) is 3.00. The summed E-state index contributed by atoms with van der Waals surface area (Å²) in [4.78, 5) is 68.6. The zero-order valence-electron chi connectivity index (χ0n) is 7.09. The third-order valence-corrected chi connectivity index (χ3v) is 0. The van der Waals surface area contributed by atoms with Gasteiger partial charge >= 0.3 is 92.2 Å². The Bertz CT molecular complexity index is 62.3. The van der Waals surface area contributed by atoms with Crippen molar-refractivity contribution >= 4 is 110 Å². The van der Waals surface area contributed by atoms with E-state index in [-0.39, 0.29) is 92.2 Å². The summed E-state index contributed by atoms with van der Waals surface area (Å²) in [6.45, 7) is 0. The molecule has 0 aliphatic carbocycles. The quantitative estimate of drug-likeness (QED) is 0.391. The van der Waals surface area contributed by atoms with Crippen molar-refractivity contribution < 1.29 is 38.4 Å². The maximum absolute atomic E-state index is 8.58. The van der Waals surface area contributed by atoms with Crippen molar-refractivity contribution in [3.05, 3.63) is 0 Å². The van der Waals surface area contributed by atoms with Crippen LogP contribution in [-0.4, -0.2) is 110 Å². The topological polar surface area (TPSA) is 184 Å². The maximum atomic E-state index is 8.58. The zero-order valence-corrected chi connectivity index (χ0v) is 14.8. The van der Waals surface area contributed by atoms with E-state index in [1.54, 1.807) is 0 Å². The van der Waals surface area contributed by atoms with Crippen LogP contribution in [0.4, 0.5) is 0 Å². The summed E-state index contributed by atoms with van der Waals surface area (Å²) in [6.07, 6.45) is 0. The fourth-order valence-corrected chi connectivity index (χ4v) is 0. The van der Waals surface area contributed by atoms with Gasteiger partial charge in [-0.15, -0.1) is 0 Å². The first-order valence-electron chi connectivity index (χ1n) is 1.63. The molecule has 0 heterocycles. The molecule has 0 aromatic heterocycles. The molecule has 0 aromatic rings. The largest absolute Gasteiger partial charge is 2.00 e. The van der Waals surface area contributed by atoms with Crippen molar-refractivity contribution in [1.82, 2.24) is 0 Å². The zero-order chi connectivity index (χ0) is 9.00. The van der Waals surface area contributed by atoms with Gasteiger partial charge < -0.3 is 56.5 Å². The molecule has 14 heteroatoms. The van der Waals surface area contributed by atoms with Crippen LogP contribution in [0.3, 0.4) is 0 Å². The van der Waals surface area contributed by atoms with Gasteiger partial charge in [0.05, 0.1) is 0 Å². The molecule has 0 N–H and O–H groups in total. The summed E-state index contributed by atoms with van der Waals surface area (Å²) in [5.74, 6) is 0. The maximum Gasteiger partial charge on any atom is 2.00 e. The summed E-state index contributed by atoms with van der Waals surface area (Å²) < 4.78 is 0. The molecular formula is Mg4O8Si2. The van der Waals surface area contributed by atoms with Gasteiger partial charge in [0.2, 0.25) is 0 Å². The monoisotopic (exact) mass is 280 g/mol. The Morgan fingerprint density at radius 2 is 0.357 bits per heavy atom. The molecule has 64 valence electrons. The standard InChI is InChI=1S/4Mg.2O4Si/c;;;;2*1-5(2,3)4/q4*+2;2*-4. The van der Waals surface area contributed by atoms with Crippen LogP contribution in [0.15, 0.2) is 0 Å². The minimum atomic E-state index is -5.61. The van der Waals surface area contributed by atoms with Crippen LogP contribution in [0, 0.1) is 0 Å². The molecule has 14 heavy (non-hydrogen) atoms. The minimum Gasteiger partial charge on any atom is -0.894 e. The molecule has 0 fully saturated rings. The number of hydrogen-bond acceptors (Lipinski definition) is 8. The normalized spacial score (nSPS) is 8.57. The fraction of sp³-hybridized carbons (Fsp3) is 0. The average Bonchev–Trinajstić information content (AvgIpc) is 1.12. The van der Waals surface area contributed by atoms with Gasteiger partial charge in [0.15, 0.2) is 0 Å². The summed E-state index contributed by atoms with van der Waals surface area (Å²) in [6, 6.07) is 0. The van der Waals surface area contributed by atoms with E-state index in [1.165, 1.54) is 0 Å².